The van der Waals surface area contributed by atoms with Crippen molar-refractivity contribution in [2.45, 2.75) is 6.42 Å². The first kappa shape index (κ1) is 15.1. The van der Waals surface area contributed by atoms with Gasteiger partial charge in [-0.25, -0.2) is 0 Å². The smallest absolute Gasteiger partial charge is 0.230 e. The number of pyridine rings is 2. The van der Waals surface area contributed by atoms with Crippen LogP contribution in [0.1, 0.15) is 5.69 Å². The summed E-state index contributed by atoms with van der Waals surface area (Å²) in [5.41, 5.74) is 9.45. The fourth-order valence-corrected chi connectivity index (χ4v) is 2.87. The molecule has 0 fully saturated rings. The van der Waals surface area contributed by atoms with Gasteiger partial charge in [0.25, 0.3) is 0 Å². The molecule has 0 aliphatic rings. The highest BCUT2D eigenvalue weighted by molar-refractivity contribution is 6.01. The van der Waals surface area contributed by atoms with Crippen molar-refractivity contribution in [2.75, 3.05) is 11.1 Å². The van der Waals surface area contributed by atoms with Crippen LogP contribution in [-0.4, -0.2) is 15.9 Å². The van der Waals surface area contributed by atoms with Crippen molar-refractivity contribution in [2.24, 2.45) is 0 Å². The molecule has 2 aromatic carbocycles. The standard InChI is InChI=1S/C20H16N4O/c21-16-7-1-4-14-9-10-15(23-19(14)16)12-18(25)24-17-8-2-5-13-6-3-11-22-20(13)17/h1-11H,12,21H2,(H,24,25). The zero-order chi connectivity index (χ0) is 17.2. The van der Waals surface area contributed by atoms with Gasteiger partial charge in [-0.2, -0.15) is 0 Å². The molecule has 0 saturated heterocycles. The molecule has 0 saturated carbocycles. The maximum absolute atomic E-state index is 12.4. The van der Waals surface area contributed by atoms with Crippen LogP contribution >= 0.6 is 0 Å². The number of carbonyl (C=O) groups is 1. The molecule has 4 rings (SSSR count). The predicted octanol–water partition coefficient (Wildman–Crippen LogP) is 3.55. The predicted molar refractivity (Wildman–Crippen MR) is 100 cm³/mol. The molecule has 3 N–H and O–H groups in total. The number of benzene rings is 2. The number of para-hydroxylation sites is 2. The molecule has 0 aliphatic carbocycles. The van der Waals surface area contributed by atoms with Crippen LogP contribution in [0, 0.1) is 0 Å². The van der Waals surface area contributed by atoms with E-state index < -0.39 is 0 Å². The third-order valence-corrected chi connectivity index (χ3v) is 4.06. The Hall–Kier alpha value is -3.47. The number of nitrogens with zero attached hydrogens (tertiary/aromatic N) is 2. The summed E-state index contributed by atoms with van der Waals surface area (Å²) in [5.74, 6) is -0.139. The topological polar surface area (TPSA) is 80.9 Å². The van der Waals surface area contributed by atoms with Gasteiger partial charge in [-0.1, -0.05) is 36.4 Å². The fraction of sp³-hybridized carbons (Fsp3) is 0.0500. The van der Waals surface area contributed by atoms with Crippen molar-refractivity contribution in [3.05, 3.63) is 72.6 Å². The van der Waals surface area contributed by atoms with Crippen LogP contribution in [0.15, 0.2) is 66.9 Å². The number of amides is 1. The molecular weight excluding hydrogens is 312 g/mol. The zero-order valence-corrected chi connectivity index (χ0v) is 13.4. The molecule has 5 heteroatoms. The Kier molecular flexibility index (Phi) is 3.74. The van der Waals surface area contributed by atoms with Crippen LogP contribution in [0.2, 0.25) is 0 Å². The zero-order valence-electron chi connectivity index (χ0n) is 13.4. The van der Waals surface area contributed by atoms with Gasteiger partial charge in [-0.3, -0.25) is 14.8 Å². The SMILES string of the molecule is Nc1cccc2ccc(CC(=O)Nc3cccc4cccnc34)nc12. The fourth-order valence-electron chi connectivity index (χ4n) is 2.87. The number of nitrogens with two attached hydrogens (primary N) is 1. The van der Waals surface area contributed by atoms with E-state index in [4.69, 9.17) is 5.73 Å². The Labute approximate surface area is 144 Å². The van der Waals surface area contributed by atoms with E-state index in [0.717, 1.165) is 21.8 Å². The molecule has 1 amide bonds. The Morgan fingerprint density at radius 3 is 2.56 bits per heavy atom. The van der Waals surface area contributed by atoms with Gasteiger partial charge in [0.2, 0.25) is 5.91 Å². The lowest BCUT2D eigenvalue weighted by molar-refractivity contribution is -0.115. The number of carbonyl (C=O) groups excluding carboxylic acids is 1. The summed E-state index contributed by atoms with van der Waals surface area (Å²) < 4.78 is 0. The van der Waals surface area contributed by atoms with E-state index in [9.17, 15) is 4.79 Å². The minimum Gasteiger partial charge on any atom is -0.397 e. The van der Waals surface area contributed by atoms with Crippen LogP contribution in [0.5, 0.6) is 0 Å². The second-order valence-electron chi connectivity index (χ2n) is 5.83. The van der Waals surface area contributed by atoms with Crippen molar-refractivity contribution in [3.63, 3.8) is 0 Å². The molecule has 2 heterocycles. The first-order valence-corrected chi connectivity index (χ1v) is 7.98. The lowest BCUT2D eigenvalue weighted by atomic mass is 10.1. The summed E-state index contributed by atoms with van der Waals surface area (Å²) in [6.45, 7) is 0. The van der Waals surface area contributed by atoms with Crippen molar-refractivity contribution in [1.82, 2.24) is 9.97 Å². The van der Waals surface area contributed by atoms with E-state index in [-0.39, 0.29) is 12.3 Å². The molecule has 0 radical (unpaired) electrons. The maximum atomic E-state index is 12.4. The minimum atomic E-state index is -0.139. The Bertz CT molecular complexity index is 1090. The summed E-state index contributed by atoms with van der Waals surface area (Å²) in [6.07, 6.45) is 1.89. The Morgan fingerprint density at radius 1 is 0.920 bits per heavy atom. The molecule has 0 spiro atoms. The van der Waals surface area contributed by atoms with E-state index in [1.807, 2.05) is 54.6 Å². The number of anilines is 2. The molecule has 0 unspecified atom stereocenters. The molecule has 2 aromatic heterocycles. The van der Waals surface area contributed by atoms with Gasteiger partial charge in [0.1, 0.15) is 0 Å². The number of hydrogen-bond acceptors (Lipinski definition) is 4. The van der Waals surface area contributed by atoms with Gasteiger partial charge in [0.15, 0.2) is 0 Å². The number of fused-ring (bicyclic) bond motifs is 2. The van der Waals surface area contributed by atoms with E-state index in [1.165, 1.54) is 0 Å². The molecular formula is C20H16N4O. The highest BCUT2D eigenvalue weighted by Gasteiger charge is 2.09. The Balaban J connectivity index is 1.59. The normalized spacial score (nSPS) is 10.9. The van der Waals surface area contributed by atoms with E-state index in [2.05, 4.69) is 15.3 Å². The molecule has 0 aliphatic heterocycles. The highest BCUT2D eigenvalue weighted by atomic mass is 16.1. The van der Waals surface area contributed by atoms with Gasteiger partial charge in [0, 0.05) is 17.0 Å². The lowest BCUT2D eigenvalue weighted by Gasteiger charge is -2.08. The summed E-state index contributed by atoms with van der Waals surface area (Å²) in [7, 11) is 0. The summed E-state index contributed by atoms with van der Waals surface area (Å²) in [5, 5.41) is 4.87. The van der Waals surface area contributed by atoms with Crippen molar-refractivity contribution in [3.8, 4) is 0 Å². The quantitative estimate of drug-likeness (QED) is 0.564. The van der Waals surface area contributed by atoms with Gasteiger partial charge >= 0.3 is 0 Å². The Morgan fingerprint density at radius 2 is 1.68 bits per heavy atom. The van der Waals surface area contributed by atoms with Crippen LogP contribution in [0.25, 0.3) is 21.8 Å². The third kappa shape index (κ3) is 2.99. The van der Waals surface area contributed by atoms with Crippen molar-refractivity contribution in [1.29, 1.82) is 0 Å². The first-order valence-electron chi connectivity index (χ1n) is 7.98. The summed E-state index contributed by atoms with van der Waals surface area (Å²) in [6, 6.07) is 19.0. The van der Waals surface area contributed by atoms with Gasteiger partial charge < -0.3 is 11.1 Å². The first-order chi connectivity index (χ1) is 12.2. The van der Waals surface area contributed by atoms with Gasteiger partial charge in [-0.05, 0) is 24.3 Å². The molecule has 25 heavy (non-hydrogen) atoms. The number of aromatic nitrogens is 2. The monoisotopic (exact) mass is 328 g/mol. The summed E-state index contributed by atoms with van der Waals surface area (Å²) in [4.78, 5) is 21.3. The molecule has 5 nitrogen and oxygen atoms in total. The number of hydrogen-bond donors (Lipinski definition) is 2. The van der Waals surface area contributed by atoms with Crippen LogP contribution in [-0.2, 0) is 11.2 Å². The molecule has 122 valence electrons. The average molecular weight is 328 g/mol. The third-order valence-electron chi connectivity index (χ3n) is 4.06. The van der Waals surface area contributed by atoms with Crippen molar-refractivity contribution >= 4 is 39.1 Å². The van der Waals surface area contributed by atoms with E-state index >= 15 is 0 Å². The lowest BCUT2D eigenvalue weighted by Crippen LogP contribution is -2.15. The largest absolute Gasteiger partial charge is 0.397 e. The van der Waals surface area contributed by atoms with Gasteiger partial charge in [0.05, 0.1) is 34.5 Å². The highest BCUT2D eigenvalue weighted by Crippen LogP contribution is 2.22. The maximum Gasteiger partial charge on any atom is 0.230 e. The second kappa shape index (κ2) is 6.20. The summed E-state index contributed by atoms with van der Waals surface area (Å²) >= 11 is 0. The molecule has 0 atom stereocenters. The van der Waals surface area contributed by atoms with Crippen LogP contribution < -0.4 is 11.1 Å². The van der Waals surface area contributed by atoms with Crippen LogP contribution in [0.3, 0.4) is 0 Å². The number of nitrogen functional groups attached to an aromatic ring is 1. The van der Waals surface area contributed by atoms with E-state index in [0.29, 0.717) is 17.1 Å². The van der Waals surface area contributed by atoms with Gasteiger partial charge in [-0.15, -0.1) is 0 Å². The second-order valence-corrected chi connectivity index (χ2v) is 5.83. The van der Waals surface area contributed by atoms with Crippen molar-refractivity contribution < 1.29 is 4.79 Å². The average Bonchev–Trinajstić information content (AvgIpc) is 2.63. The molecule has 4 aromatic rings. The number of rotatable bonds is 3. The van der Waals surface area contributed by atoms with E-state index in [1.54, 1.807) is 12.3 Å². The molecule has 0 bridgehead atoms. The van der Waals surface area contributed by atoms with Crippen LogP contribution in [0.4, 0.5) is 11.4 Å². The number of nitrogens with one attached hydrogen (secondary N) is 1. The minimum absolute atomic E-state index is 0.139.